The zero-order valence-electron chi connectivity index (χ0n) is 12.1. The van der Waals surface area contributed by atoms with E-state index in [1.54, 1.807) is 0 Å². The second-order valence-electron chi connectivity index (χ2n) is 6.07. The molecule has 0 saturated carbocycles. The summed E-state index contributed by atoms with van der Waals surface area (Å²) in [6.07, 6.45) is 0. The standard InChI is InChI=1S/C15H22N2O3/c1-15(2)9-18-4-3-17(15)7-11-5-13(16)6-12-8-19-10-20-14(11)12/h5-6H,3-4,7-10,16H2,1-2H3. The summed E-state index contributed by atoms with van der Waals surface area (Å²) in [6, 6.07) is 3.94. The molecular formula is C15H22N2O3. The van der Waals surface area contributed by atoms with E-state index in [-0.39, 0.29) is 5.54 Å². The first-order chi connectivity index (χ1) is 9.56. The van der Waals surface area contributed by atoms with Crippen LogP contribution in [0.3, 0.4) is 0 Å². The number of benzene rings is 1. The molecule has 0 spiro atoms. The van der Waals surface area contributed by atoms with Gasteiger partial charge in [0.25, 0.3) is 0 Å². The molecule has 20 heavy (non-hydrogen) atoms. The molecule has 1 aromatic carbocycles. The predicted molar refractivity (Wildman–Crippen MR) is 76.4 cm³/mol. The topological polar surface area (TPSA) is 57.0 Å². The third kappa shape index (κ3) is 2.61. The number of nitrogens with zero attached hydrogens (tertiary/aromatic N) is 1. The minimum atomic E-state index is 0.0287. The maximum Gasteiger partial charge on any atom is 0.189 e. The van der Waals surface area contributed by atoms with Crippen LogP contribution in [0.2, 0.25) is 0 Å². The number of fused-ring (bicyclic) bond motifs is 1. The Labute approximate surface area is 119 Å². The summed E-state index contributed by atoms with van der Waals surface area (Å²) in [5.41, 5.74) is 8.97. The van der Waals surface area contributed by atoms with Crippen molar-refractivity contribution in [3.63, 3.8) is 0 Å². The van der Waals surface area contributed by atoms with Crippen molar-refractivity contribution >= 4 is 5.69 Å². The number of ether oxygens (including phenoxy) is 3. The smallest absolute Gasteiger partial charge is 0.189 e. The Morgan fingerprint density at radius 3 is 2.95 bits per heavy atom. The van der Waals surface area contributed by atoms with Gasteiger partial charge in [-0.05, 0) is 26.0 Å². The summed E-state index contributed by atoms with van der Waals surface area (Å²) in [7, 11) is 0. The van der Waals surface area contributed by atoms with Crippen LogP contribution in [0.15, 0.2) is 12.1 Å². The van der Waals surface area contributed by atoms with Crippen molar-refractivity contribution in [2.45, 2.75) is 32.5 Å². The second kappa shape index (κ2) is 5.24. The van der Waals surface area contributed by atoms with E-state index in [1.807, 2.05) is 12.1 Å². The third-order valence-corrected chi connectivity index (χ3v) is 3.99. The van der Waals surface area contributed by atoms with Gasteiger partial charge in [-0.3, -0.25) is 4.90 Å². The van der Waals surface area contributed by atoms with Crippen LogP contribution >= 0.6 is 0 Å². The van der Waals surface area contributed by atoms with Gasteiger partial charge in [0.2, 0.25) is 0 Å². The normalized spacial score (nSPS) is 22.1. The molecule has 0 atom stereocenters. The lowest BCUT2D eigenvalue weighted by Gasteiger charge is -2.42. The lowest BCUT2D eigenvalue weighted by Crippen LogP contribution is -2.52. The molecule has 0 radical (unpaired) electrons. The number of hydrogen-bond acceptors (Lipinski definition) is 5. The molecule has 0 aliphatic carbocycles. The Kier molecular flexibility index (Phi) is 3.58. The highest BCUT2D eigenvalue weighted by atomic mass is 16.7. The number of nitrogen functional groups attached to an aromatic ring is 1. The van der Waals surface area contributed by atoms with E-state index < -0.39 is 0 Å². The van der Waals surface area contributed by atoms with Crippen LogP contribution < -0.4 is 10.5 Å². The quantitative estimate of drug-likeness (QED) is 0.835. The van der Waals surface area contributed by atoms with Gasteiger partial charge in [0.1, 0.15) is 5.75 Å². The summed E-state index contributed by atoms with van der Waals surface area (Å²) in [5.74, 6) is 0.938. The zero-order chi connectivity index (χ0) is 14.2. The maximum absolute atomic E-state index is 6.00. The molecule has 2 aliphatic rings. The lowest BCUT2D eigenvalue weighted by atomic mass is 10.00. The van der Waals surface area contributed by atoms with Crippen LogP contribution in [-0.4, -0.2) is 37.0 Å². The van der Waals surface area contributed by atoms with Crippen molar-refractivity contribution in [2.24, 2.45) is 0 Å². The highest BCUT2D eigenvalue weighted by Gasteiger charge is 2.31. The van der Waals surface area contributed by atoms with Crippen LogP contribution in [-0.2, 0) is 22.6 Å². The number of rotatable bonds is 2. The minimum Gasteiger partial charge on any atom is -0.467 e. The summed E-state index contributed by atoms with van der Waals surface area (Å²) in [5, 5.41) is 0. The average molecular weight is 278 g/mol. The molecular weight excluding hydrogens is 256 g/mol. The molecule has 2 N–H and O–H groups in total. The molecule has 3 rings (SSSR count). The first-order valence-corrected chi connectivity index (χ1v) is 7.01. The van der Waals surface area contributed by atoms with Gasteiger partial charge in [-0.15, -0.1) is 0 Å². The molecule has 5 nitrogen and oxygen atoms in total. The van der Waals surface area contributed by atoms with E-state index in [1.165, 1.54) is 0 Å². The molecule has 0 amide bonds. The lowest BCUT2D eigenvalue weighted by molar-refractivity contribution is -0.0568. The monoisotopic (exact) mass is 278 g/mol. The van der Waals surface area contributed by atoms with Crippen molar-refractivity contribution in [3.8, 4) is 5.75 Å². The van der Waals surface area contributed by atoms with Gasteiger partial charge >= 0.3 is 0 Å². The van der Waals surface area contributed by atoms with Gasteiger partial charge < -0.3 is 19.9 Å². The Balaban J connectivity index is 1.88. The zero-order valence-corrected chi connectivity index (χ0v) is 12.1. The molecule has 0 unspecified atom stereocenters. The van der Waals surface area contributed by atoms with E-state index in [0.29, 0.717) is 13.4 Å². The van der Waals surface area contributed by atoms with Crippen LogP contribution in [0, 0.1) is 0 Å². The molecule has 0 bridgehead atoms. The Morgan fingerprint density at radius 2 is 2.15 bits per heavy atom. The highest BCUT2D eigenvalue weighted by molar-refractivity contribution is 5.53. The van der Waals surface area contributed by atoms with Gasteiger partial charge in [-0.2, -0.15) is 0 Å². The van der Waals surface area contributed by atoms with E-state index in [2.05, 4.69) is 18.7 Å². The fourth-order valence-corrected chi connectivity index (χ4v) is 2.83. The predicted octanol–water partition coefficient (Wildman–Crippen LogP) is 1.75. The summed E-state index contributed by atoms with van der Waals surface area (Å²) in [6.45, 7) is 8.57. The maximum atomic E-state index is 6.00. The fourth-order valence-electron chi connectivity index (χ4n) is 2.83. The first-order valence-electron chi connectivity index (χ1n) is 7.01. The van der Waals surface area contributed by atoms with E-state index in [9.17, 15) is 0 Å². The van der Waals surface area contributed by atoms with E-state index in [0.717, 1.165) is 48.9 Å². The fraction of sp³-hybridized carbons (Fsp3) is 0.600. The van der Waals surface area contributed by atoms with Gasteiger partial charge in [0.05, 0.1) is 19.8 Å². The molecule has 110 valence electrons. The first kappa shape index (κ1) is 13.7. The van der Waals surface area contributed by atoms with Crippen molar-refractivity contribution < 1.29 is 14.2 Å². The van der Waals surface area contributed by atoms with Gasteiger partial charge in [0.15, 0.2) is 6.79 Å². The number of nitrogens with two attached hydrogens (primary N) is 1. The molecule has 2 heterocycles. The highest BCUT2D eigenvalue weighted by Crippen LogP contribution is 2.33. The van der Waals surface area contributed by atoms with Crippen molar-refractivity contribution in [2.75, 3.05) is 32.3 Å². The summed E-state index contributed by atoms with van der Waals surface area (Å²) < 4.78 is 16.6. The Bertz CT molecular complexity index is 502. The molecule has 1 aromatic rings. The summed E-state index contributed by atoms with van der Waals surface area (Å²) in [4.78, 5) is 2.42. The van der Waals surface area contributed by atoms with E-state index in [4.69, 9.17) is 19.9 Å². The summed E-state index contributed by atoms with van der Waals surface area (Å²) >= 11 is 0. The van der Waals surface area contributed by atoms with Gasteiger partial charge in [-0.25, -0.2) is 0 Å². The molecule has 2 aliphatic heterocycles. The largest absolute Gasteiger partial charge is 0.467 e. The van der Waals surface area contributed by atoms with Gasteiger partial charge in [0, 0.05) is 35.4 Å². The SMILES string of the molecule is CC1(C)COCCN1Cc1cc(N)cc2c1OCOC2. The Morgan fingerprint density at radius 1 is 1.30 bits per heavy atom. The molecule has 1 fully saturated rings. The Hall–Kier alpha value is -1.30. The van der Waals surface area contributed by atoms with Gasteiger partial charge in [-0.1, -0.05) is 0 Å². The van der Waals surface area contributed by atoms with Crippen LogP contribution in [0.1, 0.15) is 25.0 Å². The molecule has 5 heteroatoms. The molecule has 0 aromatic heterocycles. The minimum absolute atomic E-state index is 0.0287. The average Bonchev–Trinajstić information content (AvgIpc) is 2.41. The third-order valence-electron chi connectivity index (χ3n) is 3.99. The van der Waals surface area contributed by atoms with E-state index >= 15 is 0 Å². The van der Waals surface area contributed by atoms with Crippen molar-refractivity contribution in [3.05, 3.63) is 23.3 Å². The number of hydrogen-bond donors (Lipinski definition) is 1. The van der Waals surface area contributed by atoms with Crippen LogP contribution in [0.4, 0.5) is 5.69 Å². The molecule has 1 saturated heterocycles. The second-order valence-corrected chi connectivity index (χ2v) is 6.07. The number of anilines is 1. The van der Waals surface area contributed by atoms with Crippen molar-refractivity contribution in [1.82, 2.24) is 4.90 Å². The van der Waals surface area contributed by atoms with Crippen LogP contribution in [0.25, 0.3) is 0 Å². The van der Waals surface area contributed by atoms with Crippen LogP contribution in [0.5, 0.6) is 5.75 Å². The van der Waals surface area contributed by atoms with Crippen molar-refractivity contribution in [1.29, 1.82) is 0 Å². The number of morpholine rings is 1.